The quantitative estimate of drug-likeness (QED) is 0.907. The zero-order chi connectivity index (χ0) is 14.5. The van der Waals surface area contributed by atoms with Crippen LogP contribution < -0.4 is 5.32 Å². The maximum Gasteiger partial charge on any atom is 0.292 e. The van der Waals surface area contributed by atoms with Gasteiger partial charge in [-0.25, -0.2) is 0 Å². The summed E-state index contributed by atoms with van der Waals surface area (Å²) >= 11 is 0. The van der Waals surface area contributed by atoms with Crippen molar-refractivity contribution in [1.82, 2.24) is 15.4 Å². The number of piperidine rings is 1. The first-order valence-electron chi connectivity index (χ1n) is 7.62. The topological polar surface area (TPSA) is 58.4 Å². The number of hydrogen-bond donors (Lipinski definition) is 1. The Kier molecular flexibility index (Phi) is 7.18. The van der Waals surface area contributed by atoms with E-state index in [1.54, 1.807) is 0 Å². The van der Waals surface area contributed by atoms with Crippen LogP contribution in [0.3, 0.4) is 0 Å². The van der Waals surface area contributed by atoms with Gasteiger partial charge in [0.25, 0.3) is 5.91 Å². The molecule has 21 heavy (non-hydrogen) atoms. The fourth-order valence-electron chi connectivity index (χ4n) is 2.84. The molecule has 0 spiro atoms. The fraction of sp³-hybridized carbons (Fsp3) is 0.733. The zero-order valence-electron chi connectivity index (χ0n) is 13.1. The van der Waals surface area contributed by atoms with Crippen molar-refractivity contribution >= 4 is 18.3 Å². The highest BCUT2D eigenvalue weighted by Gasteiger charge is 2.26. The lowest BCUT2D eigenvalue weighted by molar-refractivity contribution is 0.0656. The molecule has 0 aliphatic carbocycles. The van der Waals surface area contributed by atoms with Crippen LogP contribution in [0, 0.1) is 0 Å². The van der Waals surface area contributed by atoms with Crippen LogP contribution in [0.25, 0.3) is 0 Å². The molecule has 5 nitrogen and oxygen atoms in total. The number of halogens is 1. The van der Waals surface area contributed by atoms with E-state index in [0.29, 0.717) is 17.7 Å². The van der Waals surface area contributed by atoms with E-state index in [1.807, 2.05) is 18.0 Å². The van der Waals surface area contributed by atoms with E-state index in [-0.39, 0.29) is 18.3 Å². The van der Waals surface area contributed by atoms with E-state index in [9.17, 15) is 4.79 Å². The number of nitrogens with one attached hydrogen (secondary N) is 1. The summed E-state index contributed by atoms with van der Waals surface area (Å²) < 4.78 is 5.27. The summed E-state index contributed by atoms with van der Waals surface area (Å²) in [4.78, 5) is 14.3. The number of carbonyl (C=O) groups excluding carboxylic acids is 1. The van der Waals surface area contributed by atoms with Gasteiger partial charge >= 0.3 is 0 Å². The fourth-order valence-corrected chi connectivity index (χ4v) is 2.84. The first-order valence-corrected chi connectivity index (χ1v) is 7.62. The standard InChI is InChI=1S/C15H25N3O2.ClH/c1-4-11(5-2)13-9-14(20-17-13)15(19)18-8-6-7-12(10-18)16-3;/h9,11-12,16H,4-8,10H2,1-3H3;1H. The molecule has 0 radical (unpaired) electrons. The molecule has 1 unspecified atom stereocenters. The van der Waals surface area contributed by atoms with Crippen LogP contribution in [0.4, 0.5) is 0 Å². The van der Waals surface area contributed by atoms with Crippen LogP contribution >= 0.6 is 12.4 Å². The molecule has 1 N–H and O–H groups in total. The van der Waals surface area contributed by atoms with E-state index < -0.39 is 0 Å². The minimum atomic E-state index is -0.0327. The molecule has 6 heteroatoms. The molecule has 2 rings (SSSR count). The summed E-state index contributed by atoms with van der Waals surface area (Å²) in [5, 5.41) is 7.32. The van der Waals surface area contributed by atoms with Crippen LogP contribution in [0.2, 0.25) is 0 Å². The van der Waals surface area contributed by atoms with Gasteiger partial charge < -0.3 is 14.7 Å². The number of likely N-dealkylation sites (tertiary alicyclic amines) is 1. The number of hydrogen-bond acceptors (Lipinski definition) is 4. The molecule has 0 bridgehead atoms. The third-order valence-corrected chi connectivity index (χ3v) is 4.26. The van der Waals surface area contributed by atoms with E-state index in [1.165, 1.54) is 0 Å². The molecule has 2 heterocycles. The second-order valence-corrected chi connectivity index (χ2v) is 5.51. The van der Waals surface area contributed by atoms with Crippen molar-refractivity contribution in [3.63, 3.8) is 0 Å². The smallest absolute Gasteiger partial charge is 0.292 e. The second kappa shape index (κ2) is 8.39. The summed E-state index contributed by atoms with van der Waals surface area (Å²) in [6, 6.07) is 2.21. The van der Waals surface area contributed by atoms with E-state index in [4.69, 9.17) is 4.52 Å². The third-order valence-electron chi connectivity index (χ3n) is 4.26. The average molecular weight is 316 g/mol. The first kappa shape index (κ1) is 18.0. The predicted octanol–water partition coefficient (Wildman–Crippen LogP) is 2.82. The number of amides is 1. The van der Waals surface area contributed by atoms with Gasteiger partial charge in [-0.05, 0) is 32.7 Å². The van der Waals surface area contributed by atoms with Crippen molar-refractivity contribution in [1.29, 1.82) is 0 Å². The molecular weight excluding hydrogens is 290 g/mol. The minimum absolute atomic E-state index is 0. The van der Waals surface area contributed by atoms with Gasteiger partial charge in [-0.2, -0.15) is 0 Å². The summed E-state index contributed by atoms with van der Waals surface area (Å²) in [5.74, 6) is 0.727. The monoisotopic (exact) mass is 315 g/mol. The van der Waals surface area contributed by atoms with Crippen LogP contribution in [-0.4, -0.2) is 42.1 Å². The van der Waals surface area contributed by atoms with Crippen LogP contribution in [0.15, 0.2) is 10.6 Å². The van der Waals surface area contributed by atoms with Gasteiger partial charge in [0.05, 0.1) is 5.69 Å². The Morgan fingerprint density at radius 3 is 2.86 bits per heavy atom. The Morgan fingerprint density at radius 2 is 2.24 bits per heavy atom. The van der Waals surface area contributed by atoms with Crippen molar-refractivity contribution in [2.75, 3.05) is 20.1 Å². The van der Waals surface area contributed by atoms with Gasteiger partial charge in [0.1, 0.15) is 0 Å². The molecule has 120 valence electrons. The molecule has 1 aliphatic heterocycles. The maximum atomic E-state index is 12.4. The van der Waals surface area contributed by atoms with Crippen molar-refractivity contribution < 1.29 is 9.32 Å². The Labute approximate surface area is 132 Å². The molecule has 1 atom stereocenters. The molecule has 0 aromatic carbocycles. The van der Waals surface area contributed by atoms with Crippen LogP contribution in [0.1, 0.15) is 61.7 Å². The molecule has 1 aromatic rings. The van der Waals surface area contributed by atoms with E-state index in [2.05, 4.69) is 24.3 Å². The van der Waals surface area contributed by atoms with Gasteiger partial charge in [0.15, 0.2) is 0 Å². The Balaban J connectivity index is 0.00000220. The third kappa shape index (κ3) is 4.20. The molecule has 1 saturated heterocycles. The van der Waals surface area contributed by atoms with Gasteiger partial charge in [-0.15, -0.1) is 12.4 Å². The molecular formula is C15H26ClN3O2. The predicted molar refractivity (Wildman–Crippen MR) is 85.1 cm³/mol. The Bertz CT molecular complexity index is 446. The molecule has 1 aromatic heterocycles. The summed E-state index contributed by atoms with van der Waals surface area (Å²) in [6.45, 7) is 5.81. The first-order chi connectivity index (χ1) is 9.69. The van der Waals surface area contributed by atoms with Crippen molar-refractivity contribution in [3.8, 4) is 0 Å². The highest BCUT2D eigenvalue weighted by atomic mass is 35.5. The van der Waals surface area contributed by atoms with E-state index >= 15 is 0 Å². The summed E-state index contributed by atoms with van der Waals surface area (Å²) in [7, 11) is 1.94. The summed E-state index contributed by atoms with van der Waals surface area (Å²) in [5.41, 5.74) is 0.903. The molecule has 1 amide bonds. The maximum absolute atomic E-state index is 12.4. The number of nitrogens with zero attached hydrogens (tertiary/aromatic N) is 2. The van der Waals surface area contributed by atoms with Gasteiger partial charge in [-0.1, -0.05) is 19.0 Å². The Morgan fingerprint density at radius 1 is 1.52 bits per heavy atom. The van der Waals surface area contributed by atoms with Crippen molar-refractivity contribution in [2.24, 2.45) is 0 Å². The number of aromatic nitrogens is 1. The minimum Gasteiger partial charge on any atom is -0.351 e. The SMILES string of the molecule is CCC(CC)c1cc(C(=O)N2CCCC(NC)C2)on1.Cl. The highest BCUT2D eigenvalue weighted by molar-refractivity contribution is 5.91. The lowest BCUT2D eigenvalue weighted by Crippen LogP contribution is -2.46. The lowest BCUT2D eigenvalue weighted by Gasteiger charge is -2.31. The van der Waals surface area contributed by atoms with Crippen molar-refractivity contribution in [2.45, 2.75) is 51.5 Å². The molecule has 1 fully saturated rings. The Hall–Kier alpha value is -1.07. The number of likely N-dealkylation sites (N-methyl/N-ethyl adjacent to an activating group) is 1. The van der Waals surface area contributed by atoms with E-state index in [0.717, 1.165) is 44.5 Å². The second-order valence-electron chi connectivity index (χ2n) is 5.51. The molecule has 0 saturated carbocycles. The van der Waals surface area contributed by atoms with Gasteiger partial charge in [0, 0.05) is 31.1 Å². The summed E-state index contributed by atoms with van der Waals surface area (Å²) in [6.07, 6.45) is 4.19. The largest absolute Gasteiger partial charge is 0.351 e. The van der Waals surface area contributed by atoms with Gasteiger partial charge in [-0.3, -0.25) is 4.79 Å². The van der Waals surface area contributed by atoms with Crippen LogP contribution in [-0.2, 0) is 0 Å². The van der Waals surface area contributed by atoms with Gasteiger partial charge in [0.2, 0.25) is 5.76 Å². The zero-order valence-corrected chi connectivity index (χ0v) is 13.9. The molecule has 1 aliphatic rings. The lowest BCUT2D eigenvalue weighted by atomic mass is 9.99. The van der Waals surface area contributed by atoms with Crippen LogP contribution in [0.5, 0.6) is 0 Å². The average Bonchev–Trinajstić information content (AvgIpc) is 2.97. The number of rotatable bonds is 5. The van der Waals surface area contributed by atoms with Crippen molar-refractivity contribution in [3.05, 3.63) is 17.5 Å². The highest BCUT2D eigenvalue weighted by Crippen LogP contribution is 2.23. The normalized spacial score (nSPS) is 18.7. The number of carbonyl (C=O) groups is 1.